The van der Waals surface area contributed by atoms with E-state index >= 15 is 0 Å². The van der Waals surface area contributed by atoms with Crippen molar-refractivity contribution < 1.29 is 18.0 Å². The van der Waals surface area contributed by atoms with Gasteiger partial charge in [0.2, 0.25) is 5.78 Å². The van der Waals surface area contributed by atoms with Crippen molar-refractivity contribution in [2.75, 3.05) is 19.4 Å². The van der Waals surface area contributed by atoms with Gasteiger partial charge in [-0.3, -0.25) is 9.79 Å². The number of amidine groups is 1. The standard InChI is InChI=1S/C16H20F3N3O/c1-9(2)20-10(3)21-15-12(17)6-11(7-13(15)18)16(23)14(19)8-22(4)5/h6-9H,1-5H3,(H,20,21)/b14-8-. The highest BCUT2D eigenvalue weighted by molar-refractivity contribution is 6.07. The molecule has 126 valence electrons. The highest BCUT2D eigenvalue weighted by Gasteiger charge is 2.18. The van der Waals surface area contributed by atoms with E-state index in [-0.39, 0.29) is 6.04 Å². The van der Waals surface area contributed by atoms with E-state index in [1.54, 1.807) is 6.92 Å². The second-order valence-electron chi connectivity index (χ2n) is 5.52. The molecule has 1 aromatic rings. The molecule has 4 nitrogen and oxygen atoms in total. The Balaban J connectivity index is 3.13. The molecule has 23 heavy (non-hydrogen) atoms. The van der Waals surface area contributed by atoms with Crippen LogP contribution in [0.2, 0.25) is 0 Å². The van der Waals surface area contributed by atoms with Crippen LogP contribution in [0, 0.1) is 11.6 Å². The molecule has 7 heteroatoms. The van der Waals surface area contributed by atoms with E-state index in [1.165, 1.54) is 19.0 Å². The minimum atomic E-state index is -1.10. The van der Waals surface area contributed by atoms with Gasteiger partial charge >= 0.3 is 0 Å². The summed E-state index contributed by atoms with van der Waals surface area (Å²) in [6.07, 6.45) is 0.934. The lowest BCUT2D eigenvalue weighted by Gasteiger charge is -2.11. The largest absolute Gasteiger partial charge is 0.381 e. The number of ketones is 1. The summed E-state index contributed by atoms with van der Waals surface area (Å²) in [7, 11) is 3.05. The number of hydrogen-bond donors (Lipinski definition) is 1. The van der Waals surface area contributed by atoms with Crippen molar-refractivity contribution in [3.8, 4) is 0 Å². The third-order valence-corrected chi connectivity index (χ3v) is 2.65. The van der Waals surface area contributed by atoms with E-state index in [2.05, 4.69) is 10.3 Å². The second kappa shape index (κ2) is 7.80. The van der Waals surface area contributed by atoms with Crippen LogP contribution in [0.1, 0.15) is 31.1 Å². The van der Waals surface area contributed by atoms with Gasteiger partial charge in [0.05, 0.1) is 5.84 Å². The number of halogens is 3. The molecule has 0 spiro atoms. The summed E-state index contributed by atoms with van der Waals surface area (Å²) in [5, 5.41) is 2.51. The fourth-order valence-corrected chi connectivity index (χ4v) is 1.85. The van der Waals surface area contributed by atoms with Crippen molar-refractivity contribution in [3.05, 3.63) is 41.4 Å². The average molecular weight is 327 g/mol. The molecule has 0 aliphatic carbocycles. The molecule has 0 heterocycles. The van der Waals surface area contributed by atoms with Crippen LogP contribution in [0.4, 0.5) is 18.9 Å². The van der Waals surface area contributed by atoms with Crippen molar-refractivity contribution in [2.45, 2.75) is 26.8 Å². The lowest BCUT2D eigenvalue weighted by molar-refractivity contribution is 0.100. The van der Waals surface area contributed by atoms with Crippen molar-refractivity contribution >= 4 is 17.3 Å². The highest BCUT2D eigenvalue weighted by Crippen LogP contribution is 2.23. The number of hydrogen-bond acceptors (Lipinski definition) is 3. The van der Waals surface area contributed by atoms with Crippen molar-refractivity contribution in [1.29, 1.82) is 0 Å². The predicted octanol–water partition coefficient (Wildman–Crippen LogP) is 3.76. The molecule has 0 aliphatic heterocycles. The summed E-state index contributed by atoms with van der Waals surface area (Å²) in [4.78, 5) is 17.2. The van der Waals surface area contributed by atoms with Gasteiger partial charge in [0.25, 0.3) is 0 Å². The summed E-state index contributed by atoms with van der Waals surface area (Å²) in [6, 6.07) is 1.54. The molecule has 0 fully saturated rings. The number of nitrogens with one attached hydrogen (secondary N) is 1. The normalized spacial score (nSPS) is 12.6. The first kappa shape index (κ1) is 18.7. The summed E-state index contributed by atoms with van der Waals surface area (Å²) in [5.74, 6) is -3.85. The van der Waals surface area contributed by atoms with Crippen LogP contribution in [-0.4, -0.2) is 36.7 Å². The van der Waals surface area contributed by atoms with Crippen LogP contribution < -0.4 is 5.32 Å². The van der Waals surface area contributed by atoms with Gasteiger partial charge in [-0.2, -0.15) is 0 Å². The molecule has 0 aromatic heterocycles. The lowest BCUT2D eigenvalue weighted by atomic mass is 10.1. The molecule has 1 N–H and O–H groups in total. The number of nitrogens with zero attached hydrogens (tertiary/aromatic N) is 2. The Bertz CT molecular complexity index is 629. The number of rotatable bonds is 5. The molecule has 0 saturated heterocycles. The van der Waals surface area contributed by atoms with Gasteiger partial charge in [-0.15, -0.1) is 0 Å². The van der Waals surface area contributed by atoms with E-state index in [1.807, 2.05) is 13.8 Å². The van der Waals surface area contributed by atoms with E-state index in [0.29, 0.717) is 5.84 Å². The number of carbonyl (C=O) groups excluding carboxylic acids is 1. The minimum Gasteiger partial charge on any atom is -0.381 e. The molecule has 0 bridgehead atoms. The van der Waals surface area contributed by atoms with Crippen LogP contribution in [0.15, 0.2) is 29.2 Å². The van der Waals surface area contributed by atoms with Crippen molar-refractivity contribution in [1.82, 2.24) is 4.90 Å². The zero-order valence-corrected chi connectivity index (χ0v) is 13.7. The number of aliphatic imine (C=N–C) groups is 1. The molecule has 0 unspecified atom stereocenters. The molecule has 1 rings (SSSR count). The Labute approximate surface area is 133 Å². The Morgan fingerprint density at radius 2 is 1.78 bits per heavy atom. The fourth-order valence-electron chi connectivity index (χ4n) is 1.85. The number of anilines is 1. The monoisotopic (exact) mass is 327 g/mol. The summed E-state index contributed by atoms with van der Waals surface area (Å²) >= 11 is 0. The average Bonchev–Trinajstić information content (AvgIpc) is 2.40. The zero-order chi connectivity index (χ0) is 17.7. The third-order valence-electron chi connectivity index (χ3n) is 2.65. The minimum absolute atomic E-state index is 0.0419. The summed E-state index contributed by atoms with van der Waals surface area (Å²) in [5.41, 5.74) is -0.833. The Hall–Kier alpha value is -2.31. The maximum Gasteiger partial charge on any atom is 0.223 e. The molecule has 0 aliphatic rings. The number of Topliss-reactive ketones (excluding diaryl/α,β-unsaturated/α-hetero) is 1. The van der Waals surface area contributed by atoms with Crippen LogP contribution in [-0.2, 0) is 0 Å². The third kappa shape index (κ3) is 5.43. The molecular weight excluding hydrogens is 307 g/mol. The van der Waals surface area contributed by atoms with Crippen LogP contribution in [0.3, 0.4) is 0 Å². The molecule has 0 saturated carbocycles. The highest BCUT2D eigenvalue weighted by atomic mass is 19.1. The SMILES string of the molecule is CC(=NC(C)C)Nc1c(F)cc(C(=O)/C(F)=C/N(C)C)cc1F. The zero-order valence-electron chi connectivity index (χ0n) is 13.7. The molecule has 1 aromatic carbocycles. The molecule has 0 amide bonds. The van der Waals surface area contributed by atoms with Gasteiger partial charge in [0.15, 0.2) is 5.83 Å². The van der Waals surface area contributed by atoms with E-state index in [0.717, 1.165) is 18.3 Å². The summed E-state index contributed by atoms with van der Waals surface area (Å²) in [6.45, 7) is 5.20. The van der Waals surface area contributed by atoms with Crippen molar-refractivity contribution in [2.24, 2.45) is 4.99 Å². The van der Waals surface area contributed by atoms with Crippen LogP contribution in [0.25, 0.3) is 0 Å². The Kier molecular flexibility index (Phi) is 6.36. The van der Waals surface area contributed by atoms with Gasteiger partial charge in [-0.25, -0.2) is 13.2 Å². The van der Waals surface area contributed by atoms with Crippen molar-refractivity contribution in [3.63, 3.8) is 0 Å². The fraction of sp³-hybridized carbons (Fsp3) is 0.375. The molecular formula is C16H20F3N3O. The van der Waals surface area contributed by atoms with E-state index in [4.69, 9.17) is 0 Å². The molecule has 0 radical (unpaired) electrons. The lowest BCUT2D eigenvalue weighted by Crippen LogP contribution is -2.14. The van der Waals surface area contributed by atoms with E-state index in [9.17, 15) is 18.0 Å². The maximum absolute atomic E-state index is 14.0. The Morgan fingerprint density at radius 1 is 1.26 bits per heavy atom. The first-order valence-electron chi connectivity index (χ1n) is 7.00. The first-order chi connectivity index (χ1) is 10.6. The second-order valence-corrected chi connectivity index (χ2v) is 5.52. The van der Waals surface area contributed by atoms with Gasteiger partial charge < -0.3 is 10.2 Å². The van der Waals surface area contributed by atoms with Gasteiger partial charge in [0.1, 0.15) is 17.3 Å². The quantitative estimate of drug-likeness (QED) is 0.388. The number of carbonyl (C=O) groups is 1. The molecule has 0 atom stereocenters. The smallest absolute Gasteiger partial charge is 0.223 e. The van der Waals surface area contributed by atoms with Crippen LogP contribution >= 0.6 is 0 Å². The van der Waals surface area contributed by atoms with Gasteiger partial charge in [0, 0.05) is 31.9 Å². The van der Waals surface area contributed by atoms with Crippen LogP contribution in [0.5, 0.6) is 0 Å². The number of allylic oxidation sites excluding steroid dienone is 1. The Morgan fingerprint density at radius 3 is 2.22 bits per heavy atom. The first-order valence-corrected chi connectivity index (χ1v) is 7.00. The summed E-state index contributed by atoms with van der Waals surface area (Å²) < 4.78 is 41.7. The maximum atomic E-state index is 14.0. The topological polar surface area (TPSA) is 44.7 Å². The van der Waals surface area contributed by atoms with Gasteiger partial charge in [-0.1, -0.05) is 0 Å². The van der Waals surface area contributed by atoms with E-state index < -0.39 is 34.5 Å². The predicted molar refractivity (Wildman–Crippen MR) is 85.4 cm³/mol. The number of benzene rings is 1. The van der Waals surface area contributed by atoms with Gasteiger partial charge in [-0.05, 0) is 32.9 Å².